The number of hydrogen-bond donors (Lipinski definition) is 2. The fourth-order valence-electron chi connectivity index (χ4n) is 3.66. The van der Waals surface area contributed by atoms with E-state index in [2.05, 4.69) is 31.2 Å². The van der Waals surface area contributed by atoms with Gasteiger partial charge in [0.05, 0.1) is 29.9 Å². The number of pyridine rings is 1. The highest BCUT2D eigenvalue weighted by Crippen LogP contribution is 2.36. The predicted octanol–water partition coefficient (Wildman–Crippen LogP) is 4.02. The van der Waals surface area contributed by atoms with Gasteiger partial charge in [-0.05, 0) is 31.6 Å². The van der Waals surface area contributed by atoms with Crippen molar-refractivity contribution in [3.8, 4) is 17.0 Å². The Morgan fingerprint density at radius 1 is 1.03 bits per heavy atom. The second kappa shape index (κ2) is 9.70. The van der Waals surface area contributed by atoms with Crippen molar-refractivity contribution in [1.29, 1.82) is 0 Å². The van der Waals surface area contributed by atoms with Crippen LogP contribution in [0.4, 0.5) is 23.0 Å². The van der Waals surface area contributed by atoms with Crippen LogP contribution in [0, 0.1) is 0 Å². The molecule has 4 rings (SSSR count). The van der Waals surface area contributed by atoms with Gasteiger partial charge < -0.3 is 25.6 Å². The fraction of sp³-hybridized carbons (Fsp3) is 0.240. The van der Waals surface area contributed by atoms with Crippen LogP contribution in [-0.2, 0) is 0 Å². The van der Waals surface area contributed by atoms with Gasteiger partial charge in [-0.15, -0.1) is 0 Å². The van der Waals surface area contributed by atoms with Crippen LogP contribution in [0.1, 0.15) is 0 Å². The lowest BCUT2D eigenvalue weighted by molar-refractivity contribution is 0.413. The maximum absolute atomic E-state index is 6.39. The first-order valence-electron chi connectivity index (χ1n) is 10.7. The molecule has 0 unspecified atom stereocenters. The zero-order chi connectivity index (χ0) is 23.4. The van der Waals surface area contributed by atoms with Crippen LogP contribution < -0.4 is 20.7 Å². The van der Waals surface area contributed by atoms with Crippen molar-refractivity contribution in [2.45, 2.75) is 0 Å². The van der Waals surface area contributed by atoms with Gasteiger partial charge in [-0.1, -0.05) is 24.3 Å². The lowest BCUT2D eigenvalue weighted by Crippen LogP contribution is -2.29. The Balaban J connectivity index is 1.64. The molecule has 0 aliphatic heterocycles. The molecule has 0 radical (unpaired) electrons. The van der Waals surface area contributed by atoms with E-state index in [0.717, 1.165) is 40.8 Å². The molecule has 0 aliphatic rings. The Morgan fingerprint density at radius 3 is 2.64 bits per heavy atom. The molecule has 3 N–H and O–H groups in total. The highest BCUT2D eigenvalue weighted by molar-refractivity contribution is 5.95. The zero-order valence-electron chi connectivity index (χ0n) is 19.4. The third kappa shape index (κ3) is 4.96. The minimum Gasteiger partial charge on any atom is -0.494 e. The Hall–Kier alpha value is -3.91. The average molecular weight is 444 g/mol. The fourth-order valence-corrected chi connectivity index (χ4v) is 3.66. The maximum atomic E-state index is 6.39. The summed E-state index contributed by atoms with van der Waals surface area (Å²) in [4.78, 5) is 17.7. The molecule has 8 heteroatoms. The molecule has 33 heavy (non-hydrogen) atoms. The molecule has 8 nitrogen and oxygen atoms in total. The molecule has 2 aromatic carbocycles. The summed E-state index contributed by atoms with van der Waals surface area (Å²) in [6.07, 6.45) is 5.40. The van der Waals surface area contributed by atoms with E-state index in [1.807, 2.05) is 69.9 Å². The average Bonchev–Trinajstić information content (AvgIpc) is 2.82. The monoisotopic (exact) mass is 443 g/mol. The van der Waals surface area contributed by atoms with Crippen molar-refractivity contribution in [2.75, 3.05) is 57.3 Å². The van der Waals surface area contributed by atoms with E-state index in [-0.39, 0.29) is 0 Å². The number of hydrogen-bond acceptors (Lipinski definition) is 8. The summed E-state index contributed by atoms with van der Waals surface area (Å²) < 4.78 is 5.64. The van der Waals surface area contributed by atoms with E-state index >= 15 is 0 Å². The number of likely N-dealkylation sites (N-methyl/N-ethyl adjacent to an activating group) is 2. The van der Waals surface area contributed by atoms with Gasteiger partial charge in [0.15, 0.2) is 0 Å². The second-order valence-corrected chi connectivity index (χ2v) is 8.13. The zero-order valence-corrected chi connectivity index (χ0v) is 19.4. The number of nitrogen functional groups attached to an aromatic ring is 1. The van der Waals surface area contributed by atoms with Gasteiger partial charge >= 0.3 is 0 Å². The van der Waals surface area contributed by atoms with Crippen LogP contribution in [0.25, 0.3) is 22.0 Å². The van der Waals surface area contributed by atoms with Crippen LogP contribution in [0.15, 0.2) is 61.1 Å². The standard InChI is InChI=1S/C25H29N7O/c1-31(2)11-12-32(3)23-14-24(33-4)22(13-20(23)26)30-25-28-10-9-21(29-25)19-16-27-15-17-7-5-6-8-18(17)19/h5-10,13-16H,11-12,26H2,1-4H3,(H,28,29,30). The summed E-state index contributed by atoms with van der Waals surface area (Å²) in [5.74, 6) is 1.11. The van der Waals surface area contributed by atoms with Crippen LogP contribution in [0.3, 0.4) is 0 Å². The number of rotatable bonds is 8. The van der Waals surface area contributed by atoms with Gasteiger partial charge in [0.1, 0.15) is 5.75 Å². The third-order valence-corrected chi connectivity index (χ3v) is 5.49. The quantitative estimate of drug-likeness (QED) is 0.395. The summed E-state index contributed by atoms with van der Waals surface area (Å²) in [7, 11) is 7.76. The van der Waals surface area contributed by atoms with Gasteiger partial charge in [-0.2, -0.15) is 0 Å². The van der Waals surface area contributed by atoms with Gasteiger partial charge in [-0.25, -0.2) is 9.97 Å². The highest BCUT2D eigenvalue weighted by Gasteiger charge is 2.14. The molecule has 4 aromatic rings. The Morgan fingerprint density at radius 2 is 1.85 bits per heavy atom. The van der Waals surface area contributed by atoms with Crippen LogP contribution in [0.5, 0.6) is 5.75 Å². The van der Waals surface area contributed by atoms with Crippen molar-refractivity contribution in [3.63, 3.8) is 0 Å². The van der Waals surface area contributed by atoms with E-state index in [1.54, 1.807) is 13.3 Å². The lowest BCUT2D eigenvalue weighted by atomic mass is 10.1. The molecule has 0 atom stereocenters. The number of fused-ring (bicyclic) bond motifs is 1. The first-order chi connectivity index (χ1) is 16.0. The van der Waals surface area contributed by atoms with Gasteiger partial charge in [0.2, 0.25) is 5.95 Å². The predicted molar refractivity (Wildman–Crippen MR) is 135 cm³/mol. The first-order valence-corrected chi connectivity index (χ1v) is 10.7. The second-order valence-electron chi connectivity index (χ2n) is 8.13. The summed E-state index contributed by atoms with van der Waals surface area (Å²) in [6.45, 7) is 1.76. The summed E-state index contributed by atoms with van der Waals surface area (Å²) in [5.41, 5.74) is 10.4. The SMILES string of the molecule is COc1cc(N(C)CCN(C)C)c(N)cc1Nc1nccc(-c2cncc3ccccc23)n1. The topological polar surface area (TPSA) is 92.4 Å². The molecule has 0 fully saturated rings. The Kier molecular flexibility index (Phi) is 6.55. The smallest absolute Gasteiger partial charge is 0.227 e. The summed E-state index contributed by atoms with van der Waals surface area (Å²) in [5, 5.41) is 5.41. The molecule has 2 aromatic heterocycles. The van der Waals surface area contributed by atoms with Crippen molar-refractivity contribution >= 4 is 33.8 Å². The van der Waals surface area contributed by atoms with Crippen LogP contribution in [-0.4, -0.2) is 61.2 Å². The van der Waals surface area contributed by atoms with E-state index in [4.69, 9.17) is 15.5 Å². The third-order valence-electron chi connectivity index (χ3n) is 5.49. The molecule has 2 heterocycles. The van der Waals surface area contributed by atoms with Gasteiger partial charge in [-0.3, -0.25) is 4.98 Å². The van der Waals surface area contributed by atoms with E-state index in [0.29, 0.717) is 23.1 Å². The first kappa shape index (κ1) is 22.3. The van der Waals surface area contributed by atoms with Crippen LogP contribution in [0.2, 0.25) is 0 Å². The molecule has 0 bridgehead atoms. The van der Waals surface area contributed by atoms with Gasteiger partial charge in [0.25, 0.3) is 0 Å². The normalized spacial score (nSPS) is 11.1. The molecule has 0 spiro atoms. The number of nitrogens with one attached hydrogen (secondary N) is 1. The Bertz CT molecular complexity index is 1250. The maximum Gasteiger partial charge on any atom is 0.227 e. The van der Waals surface area contributed by atoms with E-state index < -0.39 is 0 Å². The number of methoxy groups -OCH3 is 1. The van der Waals surface area contributed by atoms with E-state index in [9.17, 15) is 0 Å². The molecular formula is C25H29N7O. The lowest BCUT2D eigenvalue weighted by Gasteiger charge is -2.24. The minimum absolute atomic E-state index is 0.451. The highest BCUT2D eigenvalue weighted by atomic mass is 16.5. The molecular weight excluding hydrogens is 414 g/mol. The number of benzene rings is 2. The van der Waals surface area contributed by atoms with Crippen molar-refractivity contribution in [2.24, 2.45) is 0 Å². The number of nitrogens with zero attached hydrogens (tertiary/aromatic N) is 5. The van der Waals surface area contributed by atoms with Gasteiger partial charge in [0, 0.05) is 55.7 Å². The van der Waals surface area contributed by atoms with Crippen molar-refractivity contribution in [3.05, 3.63) is 61.1 Å². The summed E-state index contributed by atoms with van der Waals surface area (Å²) >= 11 is 0. The summed E-state index contributed by atoms with van der Waals surface area (Å²) in [6, 6.07) is 13.8. The van der Waals surface area contributed by atoms with Crippen molar-refractivity contribution < 1.29 is 4.74 Å². The number of ether oxygens (including phenoxy) is 1. The molecule has 0 saturated carbocycles. The molecule has 170 valence electrons. The molecule has 0 saturated heterocycles. The minimum atomic E-state index is 0.451. The molecule has 0 amide bonds. The molecule has 0 aliphatic carbocycles. The van der Waals surface area contributed by atoms with Crippen molar-refractivity contribution in [1.82, 2.24) is 19.9 Å². The number of nitrogens with two attached hydrogens (primary N) is 1. The van der Waals surface area contributed by atoms with Crippen LogP contribution >= 0.6 is 0 Å². The van der Waals surface area contributed by atoms with E-state index in [1.165, 1.54) is 0 Å². The number of aromatic nitrogens is 3. The largest absolute Gasteiger partial charge is 0.494 e. The Labute approximate surface area is 194 Å². The number of anilines is 4.